The molecule has 8 nitrogen and oxygen atoms in total. The normalized spacial score (nSPS) is 13.1. The monoisotopic (exact) mass is 361 g/mol. The number of nitrogens with one attached hydrogen (secondary N) is 1. The molecular formula is C19H19N7O. The van der Waals surface area contributed by atoms with Crippen LogP contribution in [0.25, 0.3) is 16.9 Å². The van der Waals surface area contributed by atoms with Crippen molar-refractivity contribution in [2.75, 3.05) is 7.11 Å². The average Bonchev–Trinajstić information content (AvgIpc) is 3.48. The van der Waals surface area contributed by atoms with E-state index in [1.165, 1.54) is 17.7 Å². The summed E-state index contributed by atoms with van der Waals surface area (Å²) >= 11 is 0. The average molecular weight is 361 g/mol. The van der Waals surface area contributed by atoms with E-state index < -0.39 is 0 Å². The number of ether oxygens (including phenoxy) is 1. The van der Waals surface area contributed by atoms with Crippen LogP contribution < -0.4 is 4.74 Å². The number of hydrogen-bond donors (Lipinski definition) is 1. The van der Waals surface area contributed by atoms with Gasteiger partial charge in [0.05, 0.1) is 31.2 Å². The summed E-state index contributed by atoms with van der Waals surface area (Å²) in [5, 5.41) is 20.6. The van der Waals surface area contributed by atoms with Gasteiger partial charge in [0.25, 0.3) is 0 Å². The Bertz CT molecular complexity index is 1080. The molecule has 27 heavy (non-hydrogen) atoms. The molecule has 1 N–H and O–H groups in total. The van der Waals surface area contributed by atoms with Gasteiger partial charge in [0.15, 0.2) is 0 Å². The Morgan fingerprint density at radius 2 is 2.22 bits per heavy atom. The molecule has 136 valence electrons. The summed E-state index contributed by atoms with van der Waals surface area (Å²) in [6, 6.07) is 7.74. The summed E-state index contributed by atoms with van der Waals surface area (Å²) in [4.78, 5) is 0. The Kier molecular flexibility index (Phi) is 3.74. The van der Waals surface area contributed by atoms with Gasteiger partial charge in [0.2, 0.25) is 0 Å². The van der Waals surface area contributed by atoms with Gasteiger partial charge in [-0.2, -0.15) is 10.2 Å². The molecule has 0 radical (unpaired) electrons. The molecule has 5 rings (SSSR count). The summed E-state index contributed by atoms with van der Waals surface area (Å²) in [6.07, 6.45) is 8.96. The molecule has 0 aliphatic heterocycles. The molecule has 1 aliphatic rings. The zero-order chi connectivity index (χ0) is 18.2. The van der Waals surface area contributed by atoms with E-state index in [1.807, 2.05) is 46.0 Å². The van der Waals surface area contributed by atoms with Crippen LogP contribution in [0.2, 0.25) is 0 Å². The summed E-state index contributed by atoms with van der Waals surface area (Å²) in [7, 11) is 1.65. The number of aromatic nitrogens is 7. The lowest BCUT2D eigenvalue weighted by molar-refractivity contribution is 0.415. The van der Waals surface area contributed by atoms with E-state index in [2.05, 4.69) is 25.6 Å². The maximum atomic E-state index is 5.39. The van der Waals surface area contributed by atoms with Crippen LogP contribution in [0.4, 0.5) is 0 Å². The highest BCUT2D eigenvalue weighted by Crippen LogP contribution is 2.29. The van der Waals surface area contributed by atoms with Crippen molar-refractivity contribution in [3.05, 3.63) is 59.8 Å². The molecule has 1 aromatic carbocycles. The number of aryl methyl sites for hydroxylation is 1. The molecule has 0 spiro atoms. The fourth-order valence-electron chi connectivity index (χ4n) is 3.63. The predicted octanol–water partition coefficient (Wildman–Crippen LogP) is 2.40. The highest BCUT2D eigenvalue weighted by Gasteiger charge is 2.19. The number of aromatic amines is 1. The van der Waals surface area contributed by atoms with Crippen LogP contribution in [0.5, 0.6) is 5.75 Å². The molecule has 0 bridgehead atoms. The van der Waals surface area contributed by atoms with E-state index in [0.29, 0.717) is 6.54 Å². The standard InChI is InChI=1S/C19H19N7O/c1-27-13-6-7-19(26-9-3-8-20-26)15(10-13)18-12-25(24-23-18)11-17-14-4-2-5-16(14)21-22-17/h3,6-10,12H,2,4-5,11H2,1H3,(H,21,22). The van der Waals surface area contributed by atoms with Crippen LogP contribution in [-0.4, -0.2) is 42.1 Å². The molecule has 4 aromatic rings. The maximum Gasteiger partial charge on any atom is 0.119 e. The van der Waals surface area contributed by atoms with E-state index in [0.717, 1.165) is 41.2 Å². The van der Waals surface area contributed by atoms with Crippen molar-refractivity contribution in [1.82, 2.24) is 35.0 Å². The van der Waals surface area contributed by atoms with Crippen LogP contribution in [0.15, 0.2) is 42.9 Å². The first kappa shape index (κ1) is 15.8. The molecule has 0 fully saturated rings. The second-order valence-electron chi connectivity index (χ2n) is 6.62. The predicted molar refractivity (Wildman–Crippen MR) is 98.8 cm³/mol. The lowest BCUT2D eigenvalue weighted by Crippen LogP contribution is -2.03. The number of nitrogens with zero attached hydrogens (tertiary/aromatic N) is 6. The van der Waals surface area contributed by atoms with Gasteiger partial charge in [-0.3, -0.25) is 5.10 Å². The van der Waals surface area contributed by atoms with Gasteiger partial charge < -0.3 is 4.74 Å². The second kappa shape index (κ2) is 6.39. The first-order valence-electron chi connectivity index (χ1n) is 8.95. The first-order chi connectivity index (χ1) is 13.3. The lowest BCUT2D eigenvalue weighted by atomic mass is 10.1. The Morgan fingerprint density at radius 3 is 3.07 bits per heavy atom. The van der Waals surface area contributed by atoms with Crippen molar-refractivity contribution < 1.29 is 4.74 Å². The third kappa shape index (κ3) is 2.79. The summed E-state index contributed by atoms with van der Waals surface area (Å²) in [5.41, 5.74) is 6.26. The Hall–Kier alpha value is -3.42. The van der Waals surface area contributed by atoms with E-state index in [1.54, 1.807) is 13.3 Å². The van der Waals surface area contributed by atoms with Gasteiger partial charge in [0.1, 0.15) is 11.4 Å². The SMILES string of the molecule is COc1ccc(-n2cccn2)c(-c2cn(Cc3n[nH]c4c3CCC4)nn2)c1. The minimum Gasteiger partial charge on any atom is -0.497 e. The van der Waals surface area contributed by atoms with Gasteiger partial charge in [-0.15, -0.1) is 5.10 Å². The molecule has 0 unspecified atom stereocenters. The van der Waals surface area contributed by atoms with Gasteiger partial charge in [-0.25, -0.2) is 9.36 Å². The highest BCUT2D eigenvalue weighted by atomic mass is 16.5. The van der Waals surface area contributed by atoms with Crippen LogP contribution in [0.1, 0.15) is 23.4 Å². The van der Waals surface area contributed by atoms with E-state index in [-0.39, 0.29) is 0 Å². The summed E-state index contributed by atoms with van der Waals surface area (Å²) in [5.74, 6) is 0.764. The lowest BCUT2D eigenvalue weighted by Gasteiger charge is -2.09. The number of methoxy groups -OCH3 is 1. The number of fused-ring (bicyclic) bond motifs is 1. The molecule has 0 saturated heterocycles. The van der Waals surface area contributed by atoms with Crippen molar-refractivity contribution in [3.8, 4) is 22.7 Å². The van der Waals surface area contributed by atoms with E-state index in [4.69, 9.17) is 4.74 Å². The van der Waals surface area contributed by atoms with Crippen LogP contribution >= 0.6 is 0 Å². The Balaban J connectivity index is 1.50. The molecule has 0 saturated carbocycles. The zero-order valence-electron chi connectivity index (χ0n) is 15.0. The summed E-state index contributed by atoms with van der Waals surface area (Å²) in [6.45, 7) is 0.611. The Morgan fingerprint density at radius 1 is 1.26 bits per heavy atom. The van der Waals surface area contributed by atoms with Crippen molar-refractivity contribution in [1.29, 1.82) is 0 Å². The number of H-pyrrole nitrogens is 1. The quantitative estimate of drug-likeness (QED) is 0.590. The number of hydrogen-bond acceptors (Lipinski definition) is 5. The van der Waals surface area contributed by atoms with Gasteiger partial charge in [-0.1, -0.05) is 5.21 Å². The molecule has 3 aromatic heterocycles. The number of benzene rings is 1. The van der Waals surface area contributed by atoms with E-state index in [9.17, 15) is 0 Å². The van der Waals surface area contributed by atoms with Gasteiger partial charge in [-0.05, 0) is 49.1 Å². The third-order valence-electron chi connectivity index (χ3n) is 4.97. The van der Waals surface area contributed by atoms with E-state index >= 15 is 0 Å². The number of rotatable bonds is 5. The van der Waals surface area contributed by atoms with Crippen molar-refractivity contribution >= 4 is 0 Å². The first-order valence-corrected chi connectivity index (χ1v) is 8.95. The van der Waals surface area contributed by atoms with Crippen molar-refractivity contribution in [2.45, 2.75) is 25.8 Å². The van der Waals surface area contributed by atoms with Crippen molar-refractivity contribution in [2.24, 2.45) is 0 Å². The topological polar surface area (TPSA) is 86.4 Å². The van der Waals surface area contributed by atoms with Gasteiger partial charge in [0, 0.05) is 23.7 Å². The molecule has 0 atom stereocenters. The zero-order valence-corrected chi connectivity index (χ0v) is 15.0. The molecule has 1 aliphatic carbocycles. The fraction of sp³-hybridized carbons (Fsp3) is 0.263. The van der Waals surface area contributed by atoms with Crippen LogP contribution in [0.3, 0.4) is 0 Å². The Labute approximate surface area is 155 Å². The summed E-state index contributed by atoms with van der Waals surface area (Å²) < 4.78 is 9.04. The van der Waals surface area contributed by atoms with Gasteiger partial charge >= 0.3 is 0 Å². The molecule has 0 amide bonds. The minimum atomic E-state index is 0.611. The smallest absolute Gasteiger partial charge is 0.119 e. The third-order valence-corrected chi connectivity index (χ3v) is 4.97. The fourth-order valence-corrected chi connectivity index (χ4v) is 3.63. The van der Waals surface area contributed by atoms with Crippen LogP contribution in [0, 0.1) is 0 Å². The highest BCUT2D eigenvalue weighted by molar-refractivity contribution is 5.71. The largest absolute Gasteiger partial charge is 0.497 e. The minimum absolute atomic E-state index is 0.611. The molecule has 8 heteroatoms. The molecular weight excluding hydrogens is 342 g/mol. The second-order valence-corrected chi connectivity index (χ2v) is 6.62. The molecule has 3 heterocycles. The maximum absolute atomic E-state index is 5.39. The van der Waals surface area contributed by atoms with Crippen LogP contribution in [-0.2, 0) is 19.4 Å². The van der Waals surface area contributed by atoms with Crippen molar-refractivity contribution in [3.63, 3.8) is 0 Å².